The van der Waals surface area contributed by atoms with E-state index in [1.54, 1.807) is 18.0 Å². The summed E-state index contributed by atoms with van der Waals surface area (Å²) in [6.07, 6.45) is 3.58. The lowest BCUT2D eigenvalue weighted by Gasteiger charge is -2.05. The van der Waals surface area contributed by atoms with Crippen molar-refractivity contribution in [2.75, 3.05) is 7.11 Å². The molecule has 72 valence electrons. The van der Waals surface area contributed by atoms with E-state index < -0.39 is 0 Å². The molecule has 0 bridgehead atoms. The van der Waals surface area contributed by atoms with Gasteiger partial charge in [-0.05, 0) is 24.3 Å². The molecular weight excluding hydrogens is 200 g/mol. The minimum Gasteiger partial charge on any atom is -0.495 e. The lowest BCUT2D eigenvalue weighted by atomic mass is 10.3. The normalized spacial score (nSPS) is 10.1. The van der Waals surface area contributed by atoms with Crippen molar-refractivity contribution >= 4 is 11.6 Å². The number of hydrogen-bond acceptors (Lipinski definition) is 2. The second-order valence-corrected chi connectivity index (χ2v) is 3.18. The van der Waals surface area contributed by atoms with Gasteiger partial charge >= 0.3 is 0 Å². The summed E-state index contributed by atoms with van der Waals surface area (Å²) in [5.74, 6) is 0.669. The van der Waals surface area contributed by atoms with E-state index in [-0.39, 0.29) is 0 Å². The van der Waals surface area contributed by atoms with Crippen molar-refractivity contribution in [1.82, 2.24) is 9.78 Å². The first-order chi connectivity index (χ1) is 6.81. The van der Waals surface area contributed by atoms with E-state index in [1.807, 2.05) is 30.5 Å². The molecule has 0 N–H and O–H groups in total. The Balaban J connectivity index is 2.43. The lowest BCUT2D eigenvalue weighted by Crippen LogP contribution is -1.94. The Bertz CT molecular complexity index is 426. The Morgan fingerprint density at radius 3 is 2.86 bits per heavy atom. The van der Waals surface area contributed by atoms with E-state index in [2.05, 4.69) is 5.10 Å². The summed E-state index contributed by atoms with van der Waals surface area (Å²) in [6.45, 7) is 0. The SMILES string of the molecule is COc1ccc(-n2cccn2)cc1Cl. The number of methoxy groups -OCH3 is 1. The van der Waals surface area contributed by atoms with Crippen LogP contribution in [0, 0.1) is 0 Å². The molecule has 4 heteroatoms. The maximum atomic E-state index is 5.98. The summed E-state index contributed by atoms with van der Waals surface area (Å²) < 4.78 is 6.80. The summed E-state index contributed by atoms with van der Waals surface area (Å²) in [7, 11) is 1.59. The van der Waals surface area contributed by atoms with Crippen LogP contribution in [0.4, 0.5) is 0 Å². The minimum atomic E-state index is 0.584. The molecule has 0 radical (unpaired) electrons. The van der Waals surface area contributed by atoms with Crippen LogP contribution in [0.5, 0.6) is 5.75 Å². The van der Waals surface area contributed by atoms with Crippen LogP contribution in [-0.2, 0) is 0 Å². The van der Waals surface area contributed by atoms with Crippen LogP contribution < -0.4 is 4.74 Å². The Labute approximate surface area is 86.9 Å². The molecule has 0 aliphatic rings. The van der Waals surface area contributed by atoms with Gasteiger partial charge in [0.05, 0.1) is 17.8 Å². The van der Waals surface area contributed by atoms with E-state index in [4.69, 9.17) is 16.3 Å². The van der Waals surface area contributed by atoms with Gasteiger partial charge in [-0.1, -0.05) is 11.6 Å². The zero-order valence-electron chi connectivity index (χ0n) is 7.64. The number of halogens is 1. The van der Waals surface area contributed by atoms with Crippen LogP contribution in [0.2, 0.25) is 5.02 Å². The molecule has 1 aromatic heterocycles. The zero-order chi connectivity index (χ0) is 9.97. The minimum absolute atomic E-state index is 0.584. The monoisotopic (exact) mass is 208 g/mol. The molecule has 0 aliphatic heterocycles. The molecule has 1 aromatic carbocycles. The number of nitrogens with zero attached hydrogens (tertiary/aromatic N) is 2. The quantitative estimate of drug-likeness (QED) is 0.759. The zero-order valence-corrected chi connectivity index (χ0v) is 8.40. The number of benzene rings is 1. The summed E-state index contributed by atoms with van der Waals surface area (Å²) in [4.78, 5) is 0. The molecule has 14 heavy (non-hydrogen) atoms. The van der Waals surface area contributed by atoms with Gasteiger partial charge in [0.2, 0.25) is 0 Å². The predicted molar refractivity (Wildman–Crippen MR) is 55.1 cm³/mol. The van der Waals surface area contributed by atoms with Crippen LogP contribution in [0.25, 0.3) is 5.69 Å². The van der Waals surface area contributed by atoms with Gasteiger partial charge in [-0.2, -0.15) is 5.10 Å². The summed E-state index contributed by atoms with van der Waals surface area (Å²) in [5, 5.41) is 4.68. The fourth-order valence-corrected chi connectivity index (χ4v) is 1.47. The third-order valence-corrected chi connectivity index (χ3v) is 2.20. The maximum absolute atomic E-state index is 5.98. The summed E-state index contributed by atoms with van der Waals surface area (Å²) in [5.41, 5.74) is 0.917. The highest BCUT2D eigenvalue weighted by molar-refractivity contribution is 6.32. The van der Waals surface area contributed by atoms with E-state index in [9.17, 15) is 0 Å². The summed E-state index contributed by atoms with van der Waals surface area (Å²) in [6, 6.07) is 7.39. The van der Waals surface area contributed by atoms with Crippen molar-refractivity contribution in [2.45, 2.75) is 0 Å². The van der Waals surface area contributed by atoms with Crippen LogP contribution in [0.1, 0.15) is 0 Å². The number of hydrogen-bond donors (Lipinski definition) is 0. The topological polar surface area (TPSA) is 27.1 Å². The molecule has 0 unspecified atom stereocenters. The highest BCUT2D eigenvalue weighted by Crippen LogP contribution is 2.26. The van der Waals surface area contributed by atoms with E-state index in [0.29, 0.717) is 10.8 Å². The van der Waals surface area contributed by atoms with Gasteiger partial charge in [0.1, 0.15) is 5.75 Å². The Morgan fingerprint density at radius 2 is 2.29 bits per heavy atom. The van der Waals surface area contributed by atoms with Gasteiger partial charge in [-0.25, -0.2) is 4.68 Å². The molecule has 0 aliphatic carbocycles. The number of ether oxygens (including phenoxy) is 1. The molecule has 0 amide bonds. The fraction of sp³-hybridized carbons (Fsp3) is 0.100. The van der Waals surface area contributed by atoms with Crippen molar-refractivity contribution in [3.8, 4) is 11.4 Å². The largest absolute Gasteiger partial charge is 0.495 e. The Kier molecular flexibility index (Phi) is 2.41. The number of aromatic nitrogens is 2. The first-order valence-electron chi connectivity index (χ1n) is 4.15. The highest BCUT2D eigenvalue weighted by Gasteiger charge is 2.02. The first-order valence-corrected chi connectivity index (χ1v) is 4.52. The molecule has 2 aromatic rings. The van der Waals surface area contributed by atoms with Crippen molar-refractivity contribution in [2.24, 2.45) is 0 Å². The van der Waals surface area contributed by atoms with E-state index in [0.717, 1.165) is 5.69 Å². The lowest BCUT2D eigenvalue weighted by molar-refractivity contribution is 0.415. The van der Waals surface area contributed by atoms with Gasteiger partial charge in [0.25, 0.3) is 0 Å². The molecule has 1 heterocycles. The Morgan fingerprint density at radius 1 is 1.43 bits per heavy atom. The van der Waals surface area contributed by atoms with Crippen LogP contribution in [-0.4, -0.2) is 16.9 Å². The number of rotatable bonds is 2. The van der Waals surface area contributed by atoms with Crippen molar-refractivity contribution in [3.05, 3.63) is 41.7 Å². The molecule has 0 atom stereocenters. The Hall–Kier alpha value is -1.48. The smallest absolute Gasteiger partial charge is 0.137 e. The van der Waals surface area contributed by atoms with Crippen LogP contribution >= 0.6 is 11.6 Å². The predicted octanol–water partition coefficient (Wildman–Crippen LogP) is 2.53. The van der Waals surface area contributed by atoms with Gasteiger partial charge in [-0.3, -0.25) is 0 Å². The van der Waals surface area contributed by atoms with E-state index in [1.165, 1.54) is 0 Å². The van der Waals surface area contributed by atoms with Crippen molar-refractivity contribution in [1.29, 1.82) is 0 Å². The van der Waals surface area contributed by atoms with Gasteiger partial charge in [-0.15, -0.1) is 0 Å². The van der Waals surface area contributed by atoms with Crippen LogP contribution in [0.15, 0.2) is 36.7 Å². The summed E-state index contributed by atoms with van der Waals surface area (Å²) >= 11 is 5.98. The highest BCUT2D eigenvalue weighted by atomic mass is 35.5. The molecule has 0 saturated heterocycles. The average Bonchev–Trinajstić information content (AvgIpc) is 2.70. The maximum Gasteiger partial charge on any atom is 0.137 e. The van der Waals surface area contributed by atoms with Crippen LogP contribution in [0.3, 0.4) is 0 Å². The fourth-order valence-electron chi connectivity index (χ4n) is 1.22. The van der Waals surface area contributed by atoms with Crippen molar-refractivity contribution in [3.63, 3.8) is 0 Å². The molecule has 3 nitrogen and oxygen atoms in total. The van der Waals surface area contributed by atoms with Gasteiger partial charge in [0, 0.05) is 12.4 Å². The molecule has 0 fully saturated rings. The molecule has 0 saturated carbocycles. The molecule has 0 spiro atoms. The first kappa shape index (κ1) is 9.09. The second-order valence-electron chi connectivity index (χ2n) is 2.77. The molecule has 2 rings (SSSR count). The van der Waals surface area contributed by atoms with Crippen molar-refractivity contribution < 1.29 is 4.74 Å². The van der Waals surface area contributed by atoms with Gasteiger partial charge < -0.3 is 4.74 Å². The second kappa shape index (κ2) is 3.72. The average molecular weight is 209 g/mol. The van der Waals surface area contributed by atoms with E-state index >= 15 is 0 Å². The van der Waals surface area contributed by atoms with Gasteiger partial charge in [0.15, 0.2) is 0 Å². The molecular formula is C10H9ClN2O. The standard InChI is InChI=1S/C10H9ClN2O/c1-14-10-4-3-8(7-9(10)11)13-6-2-5-12-13/h2-7H,1H3. The third kappa shape index (κ3) is 1.59. The third-order valence-electron chi connectivity index (χ3n) is 1.90.